The molecule has 0 spiro atoms. The van der Waals surface area contributed by atoms with Crippen LogP contribution in [0.5, 0.6) is 5.88 Å². The molecule has 1 aromatic heterocycles. The zero-order valence-electron chi connectivity index (χ0n) is 11.9. The van der Waals surface area contributed by atoms with Crippen LogP contribution in [0.4, 0.5) is 0 Å². The van der Waals surface area contributed by atoms with E-state index in [2.05, 4.69) is 33.2 Å². The molecule has 0 atom stereocenters. The Labute approximate surface area is 138 Å². The standard InChI is InChI=1S/C16H18BrClN2O/c1-2-7-19-9-13-8-16(20-10-15(13)18)21-11-12-3-5-14(17)6-4-12/h3-6,8,10,19H,2,7,9,11H2,1H3. The zero-order chi connectivity index (χ0) is 15.1. The number of nitrogens with zero attached hydrogens (tertiary/aromatic N) is 1. The van der Waals surface area contributed by atoms with Gasteiger partial charge in [0.1, 0.15) is 6.61 Å². The summed E-state index contributed by atoms with van der Waals surface area (Å²) in [6.07, 6.45) is 2.73. The predicted molar refractivity (Wildman–Crippen MR) is 89.7 cm³/mol. The van der Waals surface area contributed by atoms with Gasteiger partial charge in [0.25, 0.3) is 0 Å². The highest BCUT2D eigenvalue weighted by molar-refractivity contribution is 9.10. The highest BCUT2D eigenvalue weighted by Crippen LogP contribution is 2.20. The van der Waals surface area contributed by atoms with Crippen LogP contribution >= 0.6 is 27.5 Å². The zero-order valence-corrected chi connectivity index (χ0v) is 14.2. The van der Waals surface area contributed by atoms with Crippen LogP contribution in [0.2, 0.25) is 5.02 Å². The normalized spacial score (nSPS) is 10.6. The van der Waals surface area contributed by atoms with Gasteiger partial charge in [0.2, 0.25) is 5.88 Å². The van der Waals surface area contributed by atoms with Crippen molar-refractivity contribution in [2.45, 2.75) is 26.5 Å². The lowest BCUT2D eigenvalue weighted by Gasteiger charge is -2.09. The third kappa shape index (κ3) is 5.30. The number of benzene rings is 1. The van der Waals surface area contributed by atoms with Gasteiger partial charge in [-0.2, -0.15) is 0 Å². The van der Waals surface area contributed by atoms with Crippen LogP contribution in [-0.4, -0.2) is 11.5 Å². The van der Waals surface area contributed by atoms with Crippen molar-refractivity contribution in [1.29, 1.82) is 0 Å². The molecule has 0 saturated carbocycles. The van der Waals surface area contributed by atoms with Gasteiger partial charge in [0.05, 0.1) is 5.02 Å². The first-order valence-corrected chi connectivity index (χ1v) is 8.08. The van der Waals surface area contributed by atoms with E-state index in [1.807, 2.05) is 30.3 Å². The van der Waals surface area contributed by atoms with E-state index in [1.165, 1.54) is 0 Å². The van der Waals surface area contributed by atoms with E-state index in [1.54, 1.807) is 6.20 Å². The van der Waals surface area contributed by atoms with Gasteiger partial charge in [-0.25, -0.2) is 4.98 Å². The van der Waals surface area contributed by atoms with E-state index >= 15 is 0 Å². The molecule has 0 aliphatic rings. The molecule has 1 aromatic carbocycles. The minimum absolute atomic E-state index is 0.490. The van der Waals surface area contributed by atoms with Gasteiger partial charge >= 0.3 is 0 Å². The van der Waals surface area contributed by atoms with Crippen molar-refractivity contribution in [2.75, 3.05) is 6.54 Å². The summed E-state index contributed by atoms with van der Waals surface area (Å²) in [5.41, 5.74) is 2.10. The predicted octanol–water partition coefficient (Wildman–Crippen LogP) is 4.58. The largest absolute Gasteiger partial charge is 0.473 e. The molecule has 0 aliphatic heterocycles. The van der Waals surface area contributed by atoms with Gasteiger partial charge < -0.3 is 10.1 Å². The third-order valence-electron chi connectivity index (χ3n) is 2.95. The molecule has 0 unspecified atom stereocenters. The lowest BCUT2D eigenvalue weighted by atomic mass is 10.2. The summed E-state index contributed by atoms with van der Waals surface area (Å²) in [5, 5.41) is 3.99. The summed E-state index contributed by atoms with van der Waals surface area (Å²) in [4.78, 5) is 4.21. The van der Waals surface area contributed by atoms with Crippen LogP contribution in [0, 0.1) is 0 Å². The Morgan fingerprint density at radius 3 is 2.76 bits per heavy atom. The minimum Gasteiger partial charge on any atom is -0.473 e. The molecule has 112 valence electrons. The molecule has 0 radical (unpaired) electrons. The monoisotopic (exact) mass is 368 g/mol. The number of hydrogen-bond acceptors (Lipinski definition) is 3. The van der Waals surface area contributed by atoms with E-state index in [0.29, 0.717) is 17.5 Å². The van der Waals surface area contributed by atoms with Crippen molar-refractivity contribution in [3.63, 3.8) is 0 Å². The van der Waals surface area contributed by atoms with Crippen LogP contribution in [0.15, 0.2) is 41.0 Å². The van der Waals surface area contributed by atoms with E-state index < -0.39 is 0 Å². The molecule has 0 bridgehead atoms. The Morgan fingerprint density at radius 1 is 1.29 bits per heavy atom. The minimum atomic E-state index is 0.490. The molecular formula is C16H18BrClN2O. The highest BCUT2D eigenvalue weighted by Gasteiger charge is 2.04. The molecule has 5 heteroatoms. The molecule has 0 amide bonds. The summed E-state index contributed by atoms with van der Waals surface area (Å²) in [6.45, 7) is 4.31. The number of hydrogen-bond donors (Lipinski definition) is 1. The molecule has 21 heavy (non-hydrogen) atoms. The third-order valence-corrected chi connectivity index (χ3v) is 3.82. The van der Waals surface area contributed by atoms with Crippen molar-refractivity contribution in [3.05, 3.63) is 57.2 Å². The van der Waals surface area contributed by atoms with Crippen LogP contribution in [0.25, 0.3) is 0 Å². The van der Waals surface area contributed by atoms with E-state index in [9.17, 15) is 0 Å². The quantitative estimate of drug-likeness (QED) is 0.726. The molecule has 1 N–H and O–H groups in total. The van der Waals surface area contributed by atoms with Gasteiger partial charge in [0.15, 0.2) is 0 Å². The lowest BCUT2D eigenvalue weighted by molar-refractivity contribution is 0.293. The molecule has 3 nitrogen and oxygen atoms in total. The number of pyridine rings is 1. The second kappa shape index (κ2) is 8.37. The van der Waals surface area contributed by atoms with Gasteiger partial charge in [0, 0.05) is 23.3 Å². The van der Waals surface area contributed by atoms with Crippen LogP contribution in [0.3, 0.4) is 0 Å². The molecule has 2 rings (SSSR count). The van der Waals surface area contributed by atoms with Crippen molar-refractivity contribution in [2.24, 2.45) is 0 Å². The van der Waals surface area contributed by atoms with E-state index in [4.69, 9.17) is 16.3 Å². The second-order valence-electron chi connectivity index (χ2n) is 4.71. The number of nitrogens with one attached hydrogen (secondary N) is 1. The maximum atomic E-state index is 6.15. The van der Waals surface area contributed by atoms with Crippen molar-refractivity contribution in [3.8, 4) is 5.88 Å². The van der Waals surface area contributed by atoms with Crippen LogP contribution in [-0.2, 0) is 13.2 Å². The first-order valence-electron chi connectivity index (χ1n) is 6.91. The molecule has 0 aliphatic carbocycles. The molecule has 1 heterocycles. The number of rotatable bonds is 7. The Hall–Kier alpha value is -1.10. The van der Waals surface area contributed by atoms with Crippen LogP contribution in [0.1, 0.15) is 24.5 Å². The molecule has 0 saturated heterocycles. The maximum Gasteiger partial charge on any atom is 0.213 e. The average Bonchev–Trinajstić information content (AvgIpc) is 2.49. The van der Waals surface area contributed by atoms with Crippen molar-refractivity contribution >= 4 is 27.5 Å². The Morgan fingerprint density at radius 2 is 2.05 bits per heavy atom. The SMILES string of the molecule is CCCNCc1cc(OCc2ccc(Br)cc2)ncc1Cl. The van der Waals surface area contributed by atoms with Gasteiger partial charge in [-0.05, 0) is 36.2 Å². The molecular weight excluding hydrogens is 352 g/mol. The van der Waals surface area contributed by atoms with Crippen LogP contribution < -0.4 is 10.1 Å². The highest BCUT2D eigenvalue weighted by atomic mass is 79.9. The summed E-state index contributed by atoms with van der Waals surface area (Å²) in [5.74, 6) is 0.593. The molecule has 2 aromatic rings. The van der Waals surface area contributed by atoms with Gasteiger partial charge in [-0.15, -0.1) is 0 Å². The topological polar surface area (TPSA) is 34.1 Å². The average molecular weight is 370 g/mol. The smallest absolute Gasteiger partial charge is 0.213 e. The van der Waals surface area contributed by atoms with Crippen molar-refractivity contribution in [1.82, 2.24) is 10.3 Å². The lowest BCUT2D eigenvalue weighted by Crippen LogP contribution is -2.14. The molecule has 0 fully saturated rings. The first kappa shape index (κ1) is 16.3. The second-order valence-corrected chi connectivity index (χ2v) is 6.03. The van der Waals surface area contributed by atoms with Crippen molar-refractivity contribution < 1.29 is 4.74 Å². The Bertz CT molecular complexity index is 575. The number of ether oxygens (including phenoxy) is 1. The van der Waals surface area contributed by atoms with E-state index in [-0.39, 0.29) is 0 Å². The maximum absolute atomic E-state index is 6.15. The Kier molecular flexibility index (Phi) is 6.49. The van der Waals surface area contributed by atoms with E-state index in [0.717, 1.165) is 35.1 Å². The summed E-state index contributed by atoms with van der Waals surface area (Å²) in [6, 6.07) is 9.92. The summed E-state index contributed by atoms with van der Waals surface area (Å²) in [7, 11) is 0. The summed E-state index contributed by atoms with van der Waals surface area (Å²) >= 11 is 9.56. The van der Waals surface area contributed by atoms with Gasteiger partial charge in [-0.3, -0.25) is 0 Å². The van der Waals surface area contributed by atoms with Gasteiger partial charge in [-0.1, -0.05) is 46.6 Å². The summed E-state index contributed by atoms with van der Waals surface area (Å²) < 4.78 is 6.78. The number of aromatic nitrogens is 1. The number of halogens is 2. The first-order chi connectivity index (χ1) is 10.2. The fraction of sp³-hybridized carbons (Fsp3) is 0.312. The fourth-order valence-corrected chi connectivity index (χ4v) is 2.25. The Balaban J connectivity index is 1.96. The fourth-order valence-electron chi connectivity index (χ4n) is 1.81.